The number of nitrogens with zero attached hydrogens (tertiary/aromatic N) is 3. The zero-order valence-electron chi connectivity index (χ0n) is 9.34. The minimum Gasteiger partial charge on any atom is -0.329 e. The first-order chi connectivity index (χ1) is 8.36. The maximum absolute atomic E-state index is 11.2. The van der Waals surface area contributed by atoms with Crippen LogP contribution < -0.4 is 0 Å². The third kappa shape index (κ3) is 3.09. The fourth-order valence-corrected chi connectivity index (χ4v) is 2.63. The molecule has 0 aliphatic heterocycles. The van der Waals surface area contributed by atoms with Crippen LogP contribution in [0.4, 0.5) is 0 Å². The molecule has 2 aromatic rings. The highest BCUT2D eigenvalue weighted by atomic mass is 79.9. The van der Waals surface area contributed by atoms with Crippen molar-refractivity contribution >= 4 is 35.7 Å². The summed E-state index contributed by atoms with van der Waals surface area (Å²) >= 11 is 3.33. The van der Waals surface area contributed by atoms with Crippen LogP contribution in [0.5, 0.6) is 0 Å². The molecule has 0 aliphatic carbocycles. The van der Waals surface area contributed by atoms with E-state index < -0.39 is 9.05 Å². The number of pyridine rings is 1. The molecule has 2 heterocycles. The summed E-state index contributed by atoms with van der Waals surface area (Å²) < 4.78 is 24.9. The fraction of sp³-hybridized carbons (Fsp3) is 0.200. The second-order valence-corrected chi connectivity index (χ2v) is 7.13. The number of aromatic nitrogens is 3. The minimum absolute atomic E-state index is 0.135. The molecule has 0 saturated carbocycles. The van der Waals surface area contributed by atoms with Crippen molar-refractivity contribution in [2.45, 2.75) is 18.5 Å². The molecular formula is C10H9BrClN3O2S. The number of imidazole rings is 1. The molecule has 96 valence electrons. The van der Waals surface area contributed by atoms with Crippen molar-refractivity contribution in [3.63, 3.8) is 0 Å². The summed E-state index contributed by atoms with van der Waals surface area (Å²) in [4.78, 5) is 7.95. The number of aryl methyl sites for hydroxylation is 1. The third-order valence-electron chi connectivity index (χ3n) is 2.32. The molecule has 0 unspecified atom stereocenters. The molecule has 0 atom stereocenters. The Hall–Kier alpha value is -0.920. The van der Waals surface area contributed by atoms with Gasteiger partial charge in [-0.15, -0.1) is 0 Å². The molecule has 2 aromatic heterocycles. The first kappa shape index (κ1) is 13.5. The molecule has 5 nitrogen and oxygen atoms in total. The molecule has 0 amide bonds. The van der Waals surface area contributed by atoms with Crippen LogP contribution in [-0.2, 0) is 15.6 Å². The lowest BCUT2D eigenvalue weighted by molar-refractivity contribution is 0.606. The lowest BCUT2D eigenvalue weighted by Gasteiger charge is -2.04. The standard InChI is InChI=1S/C10H9BrClN3O2S/c1-7-14-10(18(12,16)17)6-15(7)5-8-2-9(11)4-13-3-8/h2-4,6H,5H2,1H3. The Morgan fingerprint density at radius 3 is 2.72 bits per heavy atom. The Bertz CT molecular complexity index is 684. The van der Waals surface area contributed by atoms with E-state index >= 15 is 0 Å². The molecule has 0 aliphatic rings. The Labute approximate surface area is 117 Å². The van der Waals surface area contributed by atoms with Gasteiger partial charge in [0.15, 0.2) is 5.03 Å². The molecular weight excluding hydrogens is 342 g/mol. The molecule has 0 spiro atoms. The predicted molar refractivity (Wildman–Crippen MR) is 71.0 cm³/mol. The average molecular weight is 351 g/mol. The van der Waals surface area contributed by atoms with Crippen LogP contribution in [0.3, 0.4) is 0 Å². The van der Waals surface area contributed by atoms with E-state index in [4.69, 9.17) is 10.7 Å². The fourth-order valence-electron chi connectivity index (χ4n) is 1.50. The van der Waals surface area contributed by atoms with Gasteiger partial charge in [0, 0.05) is 33.7 Å². The van der Waals surface area contributed by atoms with Crippen molar-refractivity contribution < 1.29 is 8.42 Å². The second-order valence-electron chi connectivity index (χ2n) is 3.70. The number of rotatable bonds is 3. The van der Waals surface area contributed by atoms with E-state index in [0.29, 0.717) is 12.4 Å². The number of hydrogen-bond acceptors (Lipinski definition) is 4. The maximum Gasteiger partial charge on any atom is 0.280 e. The predicted octanol–water partition coefficient (Wildman–Crippen LogP) is 2.32. The van der Waals surface area contributed by atoms with E-state index in [1.165, 1.54) is 6.20 Å². The van der Waals surface area contributed by atoms with Crippen LogP contribution in [0.2, 0.25) is 0 Å². The van der Waals surface area contributed by atoms with Crippen LogP contribution in [-0.4, -0.2) is 23.0 Å². The van der Waals surface area contributed by atoms with Crippen molar-refractivity contribution in [3.8, 4) is 0 Å². The minimum atomic E-state index is -3.79. The van der Waals surface area contributed by atoms with Crippen molar-refractivity contribution in [1.29, 1.82) is 0 Å². The van der Waals surface area contributed by atoms with Crippen molar-refractivity contribution in [1.82, 2.24) is 14.5 Å². The van der Waals surface area contributed by atoms with E-state index in [0.717, 1.165) is 10.0 Å². The van der Waals surface area contributed by atoms with E-state index in [-0.39, 0.29) is 5.03 Å². The van der Waals surface area contributed by atoms with Gasteiger partial charge >= 0.3 is 0 Å². The molecule has 0 saturated heterocycles. The second kappa shape index (κ2) is 4.99. The van der Waals surface area contributed by atoms with E-state index in [1.54, 1.807) is 23.9 Å². The summed E-state index contributed by atoms with van der Waals surface area (Å²) in [5.74, 6) is 0.578. The summed E-state index contributed by atoms with van der Waals surface area (Å²) in [5, 5.41) is -0.135. The lowest BCUT2D eigenvalue weighted by atomic mass is 10.3. The van der Waals surface area contributed by atoms with Gasteiger partial charge in [0.25, 0.3) is 9.05 Å². The SMILES string of the molecule is Cc1nc(S(=O)(=O)Cl)cn1Cc1cncc(Br)c1. The van der Waals surface area contributed by atoms with Gasteiger partial charge in [0.05, 0.1) is 6.54 Å². The van der Waals surface area contributed by atoms with Crippen LogP contribution in [0.25, 0.3) is 0 Å². The van der Waals surface area contributed by atoms with E-state index in [1.807, 2.05) is 6.07 Å². The smallest absolute Gasteiger partial charge is 0.280 e. The largest absolute Gasteiger partial charge is 0.329 e. The van der Waals surface area contributed by atoms with Gasteiger partial charge in [-0.1, -0.05) is 0 Å². The first-order valence-corrected chi connectivity index (χ1v) is 8.04. The Morgan fingerprint density at radius 2 is 2.17 bits per heavy atom. The highest BCUT2D eigenvalue weighted by Gasteiger charge is 2.16. The van der Waals surface area contributed by atoms with Crippen LogP contribution in [0, 0.1) is 6.92 Å². The van der Waals surface area contributed by atoms with Gasteiger partial charge in [-0.05, 0) is 34.5 Å². The topological polar surface area (TPSA) is 64.8 Å². The Morgan fingerprint density at radius 1 is 1.44 bits per heavy atom. The van der Waals surface area contributed by atoms with Gasteiger partial charge in [-0.2, -0.15) is 0 Å². The van der Waals surface area contributed by atoms with Crippen LogP contribution >= 0.6 is 26.6 Å². The molecule has 0 fully saturated rings. The van der Waals surface area contributed by atoms with Crippen molar-refractivity contribution in [3.05, 3.63) is 40.5 Å². The number of hydrogen-bond donors (Lipinski definition) is 0. The van der Waals surface area contributed by atoms with E-state index in [9.17, 15) is 8.42 Å². The summed E-state index contributed by atoms with van der Waals surface area (Å²) in [5.41, 5.74) is 0.934. The van der Waals surface area contributed by atoms with Crippen LogP contribution in [0.1, 0.15) is 11.4 Å². The summed E-state index contributed by atoms with van der Waals surface area (Å²) in [6, 6.07) is 1.90. The Kier molecular flexibility index (Phi) is 3.74. The molecule has 2 rings (SSSR count). The summed E-state index contributed by atoms with van der Waals surface area (Å²) in [6.45, 7) is 2.20. The monoisotopic (exact) mass is 349 g/mol. The molecule has 18 heavy (non-hydrogen) atoms. The van der Waals surface area contributed by atoms with Gasteiger partial charge in [0.1, 0.15) is 5.82 Å². The zero-order chi connectivity index (χ0) is 13.3. The molecule has 0 bridgehead atoms. The zero-order valence-corrected chi connectivity index (χ0v) is 12.5. The maximum atomic E-state index is 11.2. The molecule has 0 radical (unpaired) electrons. The highest BCUT2D eigenvalue weighted by molar-refractivity contribution is 9.10. The highest BCUT2D eigenvalue weighted by Crippen LogP contribution is 2.16. The van der Waals surface area contributed by atoms with Crippen molar-refractivity contribution in [2.24, 2.45) is 0 Å². The van der Waals surface area contributed by atoms with Gasteiger partial charge in [-0.25, -0.2) is 13.4 Å². The first-order valence-electron chi connectivity index (χ1n) is 4.94. The van der Waals surface area contributed by atoms with Crippen LogP contribution in [0.15, 0.2) is 34.2 Å². The Balaban J connectivity index is 2.33. The average Bonchev–Trinajstić information content (AvgIpc) is 2.60. The van der Waals surface area contributed by atoms with Gasteiger partial charge in [0.2, 0.25) is 0 Å². The summed E-state index contributed by atoms with van der Waals surface area (Å²) in [7, 11) is 1.46. The third-order valence-corrected chi connectivity index (χ3v) is 3.92. The van der Waals surface area contributed by atoms with Crippen molar-refractivity contribution in [2.75, 3.05) is 0 Å². The molecule has 0 N–H and O–H groups in total. The lowest BCUT2D eigenvalue weighted by Crippen LogP contribution is -2.01. The van der Waals surface area contributed by atoms with E-state index in [2.05, 4.69) is 25.9 Å². The summed E-state index contributed by atoms with van der Waals surface area (Å²) in [6.07, 6.45) is 4.80. The molecule has 0 aromatic carbocycles. The van der Waals surface area contributed by atoms with Gasteiger partial charge in [-0.3, -0.25) is 4.98 Å². The molecule has 8 heteroatoms. The number of halogens is 2. The quantitative estimate of drug-likeness (QED) is 0.797. The normalized spacial score (nSPS) is 11.7. The van der Waals surface area contributed by atoms with Gasteiger partial charge < -0.3 is 4.57 Å².